The number of rotatable bonds is 1. The van der Waals surface area contributed by atoms with Crippen molar-refractivity contribution in [3.05, 3.63) is 27.0 Å². The molecule has 1 aromatic rings. The molecule has 0 radical (unpaired) electrons. The Balaban J connectivity index is 3.40. The molecule has 76 valence electrons. The molecule has 0 bridgehead atoms. The summed E-state index contributed by atoms with van der Waals surface area (Å²) in [7, 11) is 1.28. The van der Waals surface area contributed by atoms with Crippen LogP contribution in [0.4, 0.5) is 0 Å². The number of carbonyl (C=O) groups is 1. The topological polar surface area (TPSA) is 39.2 Å². The molecule has 0 saturated heterocycles. The highest BCUT2D eigenvalue weighted by molar-refractivity contribution is 6.36. The molecule has 0 amide bonds. The minimum Gasteiger partial charge on any atom is -0.464 e. The number of ether oxygens (including phenoxy) is 1. The van der Waals surface area contributed by atoms with Crippen molar-refractivity contribution in [3.63, 3.8) is 0 Å². The number of methoxy groups -OCH3 is 1. The van der Waals surface area contributed by atoms with Crippen LogP contribution in [0.15, 0.2) is 0 Å². The van der Waals surface area contributed by atoms with Gasteiger partial charge >= 0.3 is 5.97 Å². The summed E-state index contributed by atoms with van der Waals surface area (Å²) in [4.78, 5) is 15.2. The first kappa shape index (κ1) is 11.3. The first-order valence-electron chi connectivity index (χ1n) is 3.89. The second-order valence-electron chi connectivity index (χ2n) is 2.81. The molecular weight excluding hydrogens is 225 g/mol. The molecule has 1 aromatic heterocycles. The van der Waals surface area contributed by atoms with Crippen molar-refractivity contribution in [2.45, 2.75) is 13.8 Å². The molecule has 14 heavy (non-hydrogen) atoms. The molecular formula is C9H9Cl2NO2. The van der Waals surface area contributed by atoms with Gasteiger partial charge < -0.3 is 4.74 Å². The summed E-state index contributed by atoms with van der Waals surface area (Å²) in [5, 5.41) is 0.673. The van der Waals surface area contributed by atoms with E-state index in [0.717, 1.165) is 0 Å². The monoisotopic (exact) mass is 233 g/mol. The maximum atomic E-state index is 11.2. The molecule has 0 atom stereocenters. The van der Waals surface area contributed by atoms with Gasteiger partial charge in [-0.15, -0.1) is 0 Å². The lowest BCUT2D eigenvalue weighted by atomic mass is 10.1. The van der Waals surface area contributed by atoms with Crippen LogP contribution in [0.2, 0.25) is 10.2 Å². The van der Waals surface area contributed by atoms with Gasteiger partial charge in [0.25, 0.3) is 0 Å². The van der Waals surface area contributed by atoms with E-state index < -0.39 is 5.97 Å². The maximum Gasteiger partial charge on any atom is 0.357 e. The minimum absolute atomic E-state index is 0.160. The predicted octanol–water partition coefficient (Wildman–Crippen LogP) is 2.79. The zero-order valence-corrected chi connectivity index (χ0v) is 9.53. The lowest BCUT2D eigenvalue weighted by Gasteiger charge is -2.08. The van der Waals surface area contributed by atoms with Gasteiger partial charge in [-0.05, 0) is 13.8 Å². The molecule has 0 saturated carbocycles. The average molecular weight is 234 g/mol. The Morgan fingerprint density at radius 1 is 1.29 bits per heavy atom. The zero-order chi connectivity index (χ0) is 10.9. The fraction of sp³-hybridized carbons (Fsp3) is 0.333. The molecule has 0 aromatic carbocycles. The Kier molecular flexibility index (Phi) is 3.34. The number of hydrogen-bond acceptors (Lipinski definition) is 3. The molecule has 3 nitrogen and oxygen atoms in total. The number of nitrogens with zero attached hydrogens (tertiary/aromatic N) is 1. The van der Waals surface area contributed by atoms with E-state index in [1.54, 1.807) is 13.8 Å². The van der Waals surface area contributed by atoms with E-state index >= 15 is 0 Å². The zero-order valence-electron chi connectivity index (χ0n) is 8.02. The van der Waals surface area contributed by atoms with Crippen LogP contribution in [0.5, 0.6) is 0 Å². The molecule has 0 aliphatic rings. The van der Waals surface area contributed by atoms with Gasteiger partial charge in [0.1, 0.15) is 5.15 Å². The molecule has 0 aliphatic heterocycles. The van der Waals surface area contributed by atoms with E-state index in [0.29, 0.717) is 16.1 Å². The van der Waals surface area contributed by atoms with Crippen LogP contribution in [0.3, 0.4) is 0 Å². The van der Waals surface area contributed by atoms with Crippen LogP contribution in [-0.4, -0.2) is 18.1 Å². The molecule has 1 heterocycles. The third kappa shape index (κ3) is 1.83. The molecule has 0 fully saturated rings. The predicted molar refractivity (Wildman–Crippen MR) is 55.1 cm³/mol. The first-order valence-corrected chi connectivity index (χ1v) is 4.65. The molecule has 0 N–H and O–H groups in total. The number of hydrogen-bond donors (Lipinski definition) is 0. The minimum atomic E-state index is -0.536. The smallest absolute Gasteiger partial charge is 0.357 e. The highest BCUT2D eigenvalue weighted by Gasteiger charge is 2.17. The third-order valence-corrected chi connectivity index (χ3v) is 2.85. The van der Waals surface area contributed by atoms with Crippen LogP contribution in [0.1, 0.15) is 21.6 Å². The van der Waals surface area contributed by atoms with Gasteiger partial charge in [0.2, 0.25) is 0 Å². The van der Waals surface area contributed by atoms with E-state index in [4.69, 9.17) is 23.2 Å². The SMILES string of the molecule is COC(=O)c1nc(Cl)c(C)c(Cl)c1C. The summed E-state index contributed by atoms with van der Waals surface area (Å²) in [6.07, 6.45) is 0. The highest BCUT2D eigenvalue weighted by Crippen LogP contribution is 2.27. The summed E-state index contributed by atoms with van der Waals surface area (Å²) >= 11 is 11.7. The van der Waals surface area contributed by atoms with Gasteiger partial charge in [0.15, 0.2) is 5.69 Å². The summed E-state index contributed by atoms with van der Waals surface area (Å²) in [5.74, 6) is -0.536. The fourth-order valence-corrected chi connectivity index (χ4v) is 1.44. The molecule has 5 heteroatoms. The van der Waals surface area contributed by atoms with Crippen molar-refractivity contribution in [2.75, 3.05) is 7.11 Å². The fourth-order valence-electron chi connectivity index (χ4n) is 1.04. The van der Waals surface area contributed by atoms with E-state index in [2.05, 4.69) is 9.72 Å². The van der Waals surface area contributed by atoms with Gasteiger partial charge in [-0.3, -0.25) is 0 Å². The van der Waals surface area contributed by atoms with Crippen molar-refractivity contribution in [1.82, 2.24) is 4.98 Å². The number of halogens is 2. The largest absolute Gasteiger partial charge is 0.464 e. The summed E-state index contributed by atoms with van der Waals surface area (Å²) in [6, 6.07) is 0. The molecule has 0 unspecified atom stereocenters. The highest BCUT2D eigenvalue weighted by atomic mass is 35.5. The summed E-state index contributed by atoms with van der Waals surface area (Å²) in [6.45, 7) is 3.44. The van der Waals surface area contributed by atoms with Crippen molar-refractivity contribution in [3.8, 4) is 0 Å². The van der Waals surface area contributed by atoms with Gasteiger partial charge in [-0.1, -0.05) is 23.2 Å². The normalized spacial score (nSPS) is 10.1. The molecule has 1 rings (SSSR count). The van der Waals surface area contributed by atoms with E-state index in [1.165, 1.54) is 7.11 Å². The maximum absolute atomic E-state index is 11.2. The lowest BCUT2D eigenvalue weighted by Crippen LogP contribution is -2.08. The Morgan fingerprint density at radius 2 is 1.86 bits per heavy atom. The first-order chi connectivity index (χ1) is 6.49. The van der Waals surface area contributed by atoms with E-state index in [1.807, 2.05) is 0 Å². The van der Waals surface area contributed by atoms with Gasteiger partial charge in [-0.2, -0.15) is 0 Å². The van der Waals surface area contributed by atoms with Crippen molar-refractivity contribution < 1.29 is 9.53 Å². The number of carbonyl (C=O) groups excluding carboxylic acids is 1. The number of aromatic nitrogens is 1. The Labute approximate surface area is 92.0 Å². The number of esters is 1. The quantitative estimate of drug-likeness (QED) is 0.554. The number of pyridine rings is 1. The molecule has 0 spiro atoms. The van der Waals surface area contributed by atoms with Crippen molar-refractivity contribution in [2.24, 2.45) is 0 Å². The van der Waals surface area contributed by atoms with Crippen LogP contribution in [0.25, 0.3) is 0 Å². The van der Waals surface area contributed by atoms with E-state index in [9.17, 15) is 4.79 Å². The van der Waals surface area contributed by atoms with Gasteiger partial charge in [0.05, 0.1) is 12.1 Å². The van der Waals surface area contributed by atoms with E-state index in [-0.39, 0.29) is 10.8 Å². The van der Waals surface area contributed by atoms with Gasteiger partial charge in [-0.25, -0.2) is 9.78 Å². The Hall–Kier alpha value is -0.800. The summed E-state index contributed by atoms with van der Waals surface area (Å²) < 4.78 is 4.55. The summed E-state index contributed by atoms with van der Waals surface area (Å²) in [5.41, 5.74) is 1.41. The second kappa shape index (κ2) is 4.15. The van der Waals surface area contributed by atoms with Crippen LogP contribution in [0, 0.1) is 13.8 Å². The Bertz CT molecular complexity index is 391. The molecule has 0 aliphatic carbocycles. The van der Waals surface area contributed by atoms with Crippen molar-refractivity contribution >= 4 is 29.2 Å². The standard InChI is InChI=1S/C9H9Cl2NO2/c1-4-6(10)5(2)8(11)12-7(4)9(13)14-3/h1-3H3. The lowest BCUT2D eigenvalue weighted by molar-refractivity contribution is 0.0593. The Morgan fingerprint density at radius 3 is 2.36 bits per heavy atom. The van der Waals surface area contributed by atoms with Crippen molar-refractivity contribution in [1.29, 1.82) is 0 Å². The third-order valence-electron chi connectivity index (χ3n) is 1.91. The average Bonchev–Trinajstić information content (AvgIpc) is 2.19. The van der Waals surface area contributed by atoms with Crippen LogP contribution in [-0.2, 0) is 4.74 Å². The van der Waals surface area contributed by atoms with Crippen LogP contribution >= 0.6 is 23.2 Å². The second-order valence-corrected chi connectivity index (χ2v) is 3.54. The van der Waals surface area contributed by atoms with Crippen LogP contribution < -0.4 is 0 Å². The van der Waals surface area contributed by atoms with Gasteiger partial charge in [0, 0.05) is 11.1 Å².